The van der Waals surface area contributed by atoms with Gasteiger partial charge in [-0.2, -0.15) is 5.26 Å². The number of hydrogen-bond donors (Lipinski definition) is 1. The SMILES string of the molecule is CNC(c1ccc(CC(C)C)cc1)C(C#N)C(C)C. The van der Waals surface area contributed by atoms with Crippen molar-refractivity contribution in [1.82, 2.24) is 5.32 Å². The van der Waals surface area contributed by atoms with E-state index in [-0.39, 0.29) is 12.0 Å². The van der Waals surface area contributed by atoms with E-state index >= 15 is 0 Å². The summed E-state index contributed by atoms with van der Waals surface area (Å²) in [5.74, 6) is 1.02. The molecule has 19 heavy (non-hydrogen) atoms. The zero-order chi connectivity index (χ0) is 14.4. The molecule has 0 bridgehead atoms. The number of rotatable bonds is 6. The lowest BCUT2D eigenvalue weighted by Crippen LogP contribution is -2.27. The van der Waals surface area contributed by atoms with Crippen LogP contribution in [0.4, 0.5) is 0 Å². The van der Waals surface area contributed by atoms with Crippen LogP contribution in [-0.4, -0.2) is 7.05 Å². The van der Waals surface area contributed by atoms with Crippen LogP contribution in [0.1, 0.15) is 44.9 Å². The molecule has 0 saturated carbocycles. The predicted molar refractivity (Wildman–Crippen MR) is 80.7 cm³/mol. The molecule has 0 saturated heterocycles. The minimum atomic E-state index is 0.000878. The van der Waals surface area contributed by atoms with Crippen molar-refractivity contribution in [2.24, 2.45) is 17.8 Å². The second-order valence-corrected chi connectivity index (χ2v) is 6.00. The maximum Gasteiger partial charge on any atom is 0.0681 e. The monoisotopic (exact) mass is 258 g/mol. The number of nitrogens with zero attached hydrogens (tertiary/aromatic N) is 1. The van der Waals surface area contributed by atoms with Gasteiger partial charge >= 0.3 is 0 Å². The molecule has 1 N–H and O–H groups in total. The van der Waals surface area contributed by atoms with Crippen LogP contribution in [0.5, 0.6) is 0 Å². The molecule has 2 nitrogen and oxygen atoms in total. The largest absolute Gasteiger partial charge is 0.312 e. The van der Waals surface area contributed by atoms with E-state index < -0.39 is 0 Å². The van der Waals surface area contributed by atoms with Crippen LogP contribution >= 0.6 is 0 Å². The fraction of sp³-hybridized carbons (Fsp3) is 0.588. The van der Waals surface area contributed by atoms with Crippen LogP contribution in [-0.2, 0) is 6.42 Å². The summed E-state index contributed by atoms with van der Waals surface area (Å²) in [5, 5.41) is 12.6. The van der Waals surface area contributed by atoms with E-state index in [0.717, 1.165) is 6.42 Å². The fourth-order valence-electron chi connectivity index (χ4n) is 2.49. The summed E-state index contributed by atoms with van der Waals surface area (Å²) in [6, 6.07) is 11.2. The predicted octanol–water partition coefficient (Wildman–Crippen LogP) is 3.94. The van der Waals surface area contributed by atoms with Gasteiger partial charge in [-0.1, -0.05) is 52.0 Å². The molecule has 2 unspecified atom stereocenters. The Morgan fingerprint density at radius 3 is 2.05 bits per heavy atom. The highest BCUT2D eigenvalue weighted by Gasteiger charge is 2.24. The summed E-state index contributed by atoms with van der Waals surface area (Å²) in [6.07, 6.45) is 1.11. The quantitative estimate of drug-likeness (QED) is 0.839. The highest BCUT2D eigenvalue weighted by atomic mass is 14.9. The summed E-state index contributed by atoms with van der Waals surface area (Å²) in [4.78, 5) is 0. The third-order valence-electron chi connectivity index (χ3n) is 3.52. The molecular weight excluding hydrogens is 232 g/mol. The van der Waals surface area contributed by atoms with Crippen molar-refractivity contribution in [2.45, 2.75) is 40.2 Å². The summed E-state index contributed by atoms with van der Waals surface area (Å²) >= 11 is 0. The van der Waals surface area contributed by atoms with Gasteiger partial charge in [0.05, 0.1) is 12.0 Å². The lowest BCUT2D eigenvalue weighted by Gasteiger charge is -2.25. The number of benzene rings is 1. The van der Waals surface area contributed by atoms with Crippen molar-refractivity contribution in [3.8, 4) is 6.07 Å². The molecule has 0 amide bonds. The first-order valence-electron chi connectivity index (χ1n) is 7.15. The summed E-state index contributed by atoms with van der Waals surface area (Å²) in [7, 11) is 1.93. The lowest BCUT2D eigenvalue weighted by atomic mass is 9.85. The van der Waals surface area contributed by atoms with Crippen LogP contribution in [0, 0.1) is 29.1 Å². The molecule has 1 aromatic carbocycles. The smallest absolute Gasteiger partial charge is 0.0681 e. The van der Waals surface area contributed by atoms with Gasteiger partial charge in [-0.25, -0.2) is 0 Å². The van der Waals surface area contributed by atoms with Crippen LogP contribution in [0.25, 0.3) is 0 Å². The van der Waals surface area contributed by atoms with Gasteiger partial charge in [0, 0.05) is 6.04 Å². The Labute approximate surface area is 117 Å². The maximum atomic E-state index is 9.34. The normalized spacial score (nSPS) is 14.4. The van der Waals surface area contributed by atoms with Gasteiger partial charge in [-0.3, -0.25) is 0 Å². The van der Waals surface area contributed by atoms with E-state index in [1.807, 2.05) is 7.05 Å². The second-order valence-electron chi connectivity index (χ2n) is 6.00. The van der Waals surface area contributed by atoms with Crippen molar-refractivity contribution < 1.29 is 0 Å². The minimum absolute atomic E-state index is 0.000878. The average Bonchev–Trinajstić information content (AvgIpc) is 2.35. The highest BCUT2D eigenvalue weighted by Crippen LogP contribution is 2.27. The molecule has 2 atom stereocenters. The first-order chi connectivity index (χ1) is 8.99. The van der Waals surface area contributed by atoms with Crippen LogP contribution in [0.3, 0.4) is 0 Å². The third-order valence-corrected chi connectivity index (χ3v) is 3.52. The molecule has 104 valence electrons. The van der Waals surface area contributed by atoms with E-state index in [1.165, 1.54) is 11.1 Å². The number of hydrogen-bond acceptors (Lipinski definition) is 2. The molecule has 0 aliphatic heterocycles. The van der Waals surface area contributed by atoms with Gasteiger partial charge in [-0.15, -0.1) is 0 Å². The molecule has 1 rings (SSSR count). The van der Waals surface area contributed by atoms with Crippen molar-refractivity contribution in [3.63, 3.8) is 0 Å². The molecule has 1 aromatic rings. The van der Waals surface area contributed by atoms with Crippen molar-refractivity contribution in [1.29, 1.82) is 5.26 Å². The van der Waals surface area contributed by atoms with Gasteiger partial charge < -0.3 is 5.32 Å². The van der Waals surface area contributed by atoms with Gasteiger partial charge in [0.2, 0.25) is 0 Å². The topological polar surface area (TPSA) is 35.8 Å². The molecule has 0 aliphatic carbocycles. The van der Waals surface area contributed by atoms with Crippen molar-refractivity contribution >= 4 is 0 Å². The molecule has 0 aromatic heterocycles. The molecule has 0 heterocycles. The first kappa shape index (κ1) is 15.7. The fourth-order valence-corrected chi connectivity index (χ4v) is 2.49. The zero-order valence-electron chi connectivity index (χ0n) is 12.8. The average molecular weight is 258 g/mol. The van der Waals surface area contributed by atoms with Gasteiger partial charge in [0.15, 0.2) is 0 Å². The zero-order valence-corrected chi connectivity index (χ0v) is 12.8. The van der Waals surface area contributed by atoms with Crippen molar-refractivity contribution in [2.75, 3.05) is 7.05 Å². The van der Waals surface area contributed by atoms with E-state index in [4.69, 9.17) is 0 Å². The van der Waals surface area contributed by atoms with Crippen LogP contribution in [0.15, 0.2) is 24.3 Å². The maximum absolute atomic E-state index is 9.34. The Morgan fingerprint density at radius 1 is 1.11 bits per heavy atom. The van der Waals surface area contributed by atoms with E-state index in [1.54, 1.807) is 0 Å². The summed E-state index contributed by atoms with van der Waals surface area (Å²) in [5.41, 5.74) is 2.57. The van der Waals surface area contributed by atoms with Gasteiger partial charge in [-0.05, 0) is 36.4 Å². The number of nitriles is 1. The molecule has 0 radical (unpaired) electrons. The molecule has 2 heteroatoms. The number of nitrogens with one attached hydrogen (secondary N) is 1. The highest BCUT2D eigenvalue weighted by molar-refractivity contribution is 5.27. The molecule has 0 fully saturated rings. The lowest BCUT2D eigenvalue weighted by molar-refractivity contribution is 0.363. The molecule has 0 aliphatic rings. The standard InChI is InChI=1S/C17H26N2/c1-12(2)10-14-6-8-15(9-7-14)17(19-5)16(11-18)13(3)4/h6-9,12-13,16-17,19H,10H2,1-5H3. The Kier molecular flexibility index (Phi) is 6.05. The second kappa shape index (κ2) is 7.31. The summed E-state index contributed by atoms with van der Waals surface area (Å²) < 4.78 is 0. The van der Waals surface area contributed by atoms with Crippen molar-refractivity contribution in [3.05, 3.63) is 35.4 Å². The Balaban J connectivity index is 2.91. The van der Waals surface area contributed by atoms with Crippen LogP contribution < -0.4 is 5.32 Å². The minimum Gasteiger partial charge on any atom is -0.312 e. The van der Waals surface area contributed by atoms with E-state index in [2.05, 4.69) is 63.3 Å². The first-order valence-corrected chi connectivity index (χ1v) is 7.15. The Morgan fingerprint density at radius 2 is 1.68 bits per heavy atom. The Bertz CT molecular complexity index is 412. The van der Waals surface area contributed by atoms with Gasteiger partial charge in [0.1, 0.15) is 0 Å². The molecule has 0 spiro atoms. The Hall–Kier alpha value is -1.33. The van der Waals surface area contributed by atoms with Crippen LogP contribution in [0.2, 0.25) is 0 Å². The van der Waals surface area contributed by atoms with Gasteiger partial charge in [0.25, 0.3) is 0 Å². The van der Waals surface area contributed by atoms with E-state index in [0.29, 0.717) is 11.8 Å². The molecular formula is C17H26N2. The summed E-state index contributed by atoms with van der Waals surface area (Å²) in [6.45, 7) is 8.67. The van der Waals surface area contributed by atoms with E-state index in [9.17, 15) is 5.26 Å². The third kappa shape index (κ3) is 4.36.